The number of aryl methyl sites for hydroxylation is 1. The predicted molar refractivity (Wildman–Crippen MR) is 136 cm³/mol. The number of carbonyl (C=O) groups is 1. The lowest BCUT2D eigenvalue weighted by Crippen LogP contribution is -2.35. The summed E-state index contributed by atoms with van der Waals surface area (Å²) in [6.07, 6.45) is 12.7. The molecular weight excluding hydrogens is 414 g/mol. The van der Waals surface area contributed by atoms with Crippen LogP contribution in [-0.2, 0) is 11.2 Å². The minimum atomic E-state index is -0.537. The second-order valence-electron chi connectivity index (χ2n) is 9.77. The number of ether oxygens (including phenoxy) is 1. The monoisotopic (exact) mass is 453 g/mol. The zero-order valence-electron chi connectivity index (χ0n) is 20.3. The fourth-order valence-corrected chi connectivity index (χ4v) is 5.14. The highest BCUT2D eigenvalue weighted by Gasteiger charge is 2.31. The van der Waals surface area contributed by atoms with E-state index in [1.165, 1.54) is 63.4 Å². The highest BCUT2D eigenvalue weighted by Crippen LogP contribution is 2.48. The number of fused-ring (bicyclic) bond motifs is 2. The van der Waals surface area contributed by atoms with Gasteiger partial charge in [-0.15, -0.1) is 0 Å². The zero-order valence-corrected chi connectivity index (χ0v) is 21.1. The molecule has 0 aromatic heterocycles. The van der Waals surface area contributed by atoms with Crippen LogP contribution in [0.15, 0.2) is 52.3 Å². The van der Waals surface area contributed by atoms with Gasteiger partial charge in [0.25, 0.3) is 0 Å². The SMILES string of the molecule is CCCCCCCCCCCc1ccc2c(c1)N(C(=O)OC(C)(C)C)c1ccccc1S2. The van der Waals surface area contributed by atoms with Crippen molar-refractivity contribution < 1.29 is 9.53 Å². The molecule has 3 rings (SSSR count). The number of carbonyl (C=O) groups excluding carboxylic acids is 1. The van der Waals surface area contributed by atoms with Crippen LogP contribution in [-0.4, -0.2) is 11.7 Å². The van der Waals surface area contributed by atoms with Crippen LogP contribution < -0.4 is 4.90 Å². The molecule has 3 nitrogen and oxygen atoms in total. The number of benzene rings is 2. The number of para-hydroxylation sites is 1. The number of hydrogen-bond acceptors (Lipinski definition) is 3. The summed E-state index contributed by atoms with van der Waals surface area (Å²) >= 11 is 1.72. The summed E-state index contributed by atoms with van der Waals surface area (Å²) in [6, 6.07) is 14.6. The Morgan fingerprint density at radius 1 is 0.844 bits per heavy atom. The average molecular weight is 454 g/mol. The van der Waals surface area contributed by atoms with Crippen molar-refractivity contribution in [1.29, 1.82) is 0 Å². The van der Waals surface area contributed by atoms with E-state index in [-0.39, 0.29) is 6.09 Å². The lowest BCUT2D eigenvalue weighted by atomic mass is 10.0. The maximum Gasteiger partial charge on any atom is 0.419 e. The lowest BCUT2D eigenvalue weighted by Gasteiger charge is -2.33. The maximum atomic E-state index is 13.2. The Morgan fingerprint density at radius 2 is 1.47 bits per heavy atom. The molecule has 2 aromatic rings. The minimum absolute atomic E-state index is 0.313. The second kappa shape index (κ2) is 11.8. The number of rotatable bonds is 10. The molecular formula is C28H39NO2S. The fraction of sp³-hybridized carbons (Fsp3) is 0.536. The molecule has 1 amide bonds. The van der Waals surface area contributed by atoms with E-state index in [9.17, 15) is 4.79 Å². The van der Waals surface area contributed by atoms with Crippen molar-refractivity contribution in [2.45, 2.75) is 107 Å². The summed E-state index contributed by atoms with van der Waals surface area (Å²) in [5.41, 5.74) is 2.60. The predicted octanol–water partition coefficient (Wildman–Crippen LogP) is 9.30. The van der Waals surface area contributed by atoms with Crippen LogP contribution in [0.2, 0.25) is 0 Å². The van der Waals surface area contributed by atoms with E-state index in [2.05, 4.69) is 31.2 Å². The number of hydrogen-bond donors (Lipinski definition) is 0. The van der Waals surface area contributed by atoms with Crippen LogP contribution in [0.1, 0.15) is 91.0 Å². The first-order valence-electron chi connectivity index (χ1n) is 12.3. The summed E-state index contributed by atoms with van der Waals surface area (Å²) in [4.78, 5) is 17.1. The molecule has 4 heteroatoms. The molecule has 0 spiro atoms. The average Bonchev–Trinajstić information content (AvgIpc) is 2.75. The third-order valence-electron chi connectivity index (χ3n) is 5.74. The summed E-state index contributed by atoms with van der Waals surface area (Å²) in [7, 11) is 0. The van der Waals surface area contributed by atoms with Gasteiger partial charge in [-0.3, -0.25) is 0 Å². The second-order valence-corrected chi connectivity index (χ2v) is 10.8. The van der Waals surface area contributed by atoms with Gasteiger partial charge in [0.15, 0.2) is 0 Å². The smallest absolute Gasteiger partial charge is 0.419 e. The van der Waals surface area contributed by atoms with Gasteiger partial charge < -0.3 is 4.74 Å². The topological polar surface area (TPSA) is 29.5 Å². The molecule has 0 fully saturated rings. The van der Waals surface area contributed by atoms with Crippen molar-refractivity contribution in [2.24, 2.45) is 0 Å². The Kier molecular flexibility index (Phi) is 9.10. The maximum absolute atomic E-state index is 13.2. The highest BCUT2D eigenvalue weighted by atomic mass is 32.2. The molecule has 0 radical (unpaired) electrons. The van der Waals surface area contributed by atoms with Crippen LogP contribution in [0.25, 0.3) is 0 Å². The van der Waals surface area contributed by atoms with E-state index in [1.807, 2.05) is 39.0 Å². The molecule has 0 aliphatic carbocycles. The van der Waals surface area contributed by atoms with E-state index in [4.69, 9.17) is 4.74 Å². The molecule has 1 heterocycles. The third-order valence-corrected chi connectivity index (χ3v) is 6.87. The van der Waals surface area contributed by atoms with E-state index < -0.39 is 5.60 Å². The summed E-state index contributed by atoms with van der Waals surface area (Å²) in [6.45, 7) is 8.01. The first-order chi connectivity index (χ1) is 15.4. The van der Waals surface area contributed by atoms with E-state index in [1.54, 1.807) is 16.7 Å². The first kappa shape index (κ1) is 24.7. The van der Waals surface area contributed by atoms with Crippen molar-refractivity contribution in [3.05, 3.63) is 48.0 Å². The molecule has 0 saturated carbocycles. The lowest BCUT2D eigenvalue weighted by molar-refractivity contribution is 0.0597. The van der Waals surface area contributed by atoms with Gasteiger partial charge in [-0.05, 0) is 63.4 Å². The standard InChI is InChI=1S/C28H39NO2S/c1-5-6-7-8-9-10-11-12-13-16-22-19-20-26-24(21-22)29(27(30)31-28(2,3)4)23-17-14-15-18-25(23)32-26/h14-15,17-21H,5-13,16H2,1-4H3. The molecule has 0 unspecified atom stereocenters. The van der Waals surface area contributed by atoms with Gasteiger partial charge in [-0.2, -0.15) is 0 Å². The third kappa shape index (κ3) is 7.03. The van der Waals surface area contributed by atoms with Crippen LogP contribution in [0.5, 0.6) is 0 Å². The zero-order chi connectivity index (χ0) is 23.0. The number of unbranched alkanes of at least 4 members (excludes halogenated alkanes) is 8. The van der Waals surface area contributed by atoms with Gasteiger partial charge in [0.1, 0.15) is 5.60 Å². The molecule has 32 heavy (non-hydrogen) atoms. The number of anilines is 2. The van der Waals surface area contributed by atoms with Crippen molar-refractivity contribution in [3.8, 4) is 0 Å². The van der Waals surface area contributed by atoms with Crippen molar-refractivity contribution in [2.75, 3.05) is 4.90 Å². The van der Waals surface area contributed by atoms with Crippen molar-refractivity contribution >= 4 is 29.2 Å². The molecule has 1 aliphatic rings. The largest absolute Gasteiger partial charge is 0.443 e. The van der Waals surface area contributed by atoms with Gasteiger partial charge in [-0.1, -0.05) is 88.3 Å². The fourth-order valence-electron chi connectivity index (χ4n) is 4.10. The Morgan fingerprint density at radius 3 is 2.16 bits per heavy atom. The van der Waals surface area contributed by atoms with Crippen LogP contribution in [0.4, 0.5) is 16.2 Å². The van der Waals surface area contributed by atoms with E-state index in [0.717, 1.165) is 27.6 Å². The Labute approximate surface area is 198 Å². The van der Waals surface area contributed by atoms with Crippen LogP contribution >= 0.6 is 11.8 Å². The Bertz CT molecular complexity index is 887. The number of amides is 1. The van der Waals surface area contributed by atoms with E-state index in [0.29, 0.717) is 0 Å². The van der Waals surface area contributed by atoms with Crippen molar-refractivity contribution in [3.63, 3.8) is 0 Å². The summed E-state index contributed by atoms with van der Waals surface area (Å²) < 4.78 is 5.77. The molecule has 0 bridgehead atoms. The summed E-state index contributed by atoms with van der Waals surface area (Å²) in [5.74, 6) is 0. The summed E-state index contributed by atoms with van der Waals surface area (Å²) in [5, 5.41) is 0. The quantitative estimate of drug-likeness (QED) is 0.336. The van der Waals surface area contributed by atoms with Gasteiger partial charge >= 0.3 is 6.09 Å². The van der Waals surface area contributed by atoms with Crippen LogP contribution in [0, 0.1) is 0 Å². The van der Waals surface area contributed by atoms with Crippen LogP contribution in [0.3, 0.4) is 0 Å². The van der Waals surface area contributed by atoms with Gasteiger partial charge in [0.05, 0.1) is 11.4 Å². The highest BCUT2D eigenvalue weighted by molar-refractivity contribution is 7.99. The van der Waals surface area contributed by atoms with Gasteiger partial charge in [0.2, 0.25) is 0 Å². The molecule has 0 atom stereocenters. The van der Waals surface area contributed by atoms with E-state index >= 15 is 0 Å². The van der Waals surface area contributed by atoms with Gasteiger partial charge in [-0.25, -0.2) is 9.69 Å². The normalized spacial score (nSPS) is 12.9. The minimum Gasteiger partial charge on any atom is -0.443 e. The first-order valence-corrected chi connectivity index (χ1v) is 13.1. The molecule has 2 aromatic carbocycles. The molecule has 0 N–H and O–H groups in total. The Balaban J connectivity index is 1.64. The molecule has 1 aliphatic heterocycles. The van der Waals surface area contributed by atoms with Gasteiger partial charge in [0, 0.05) is 9.79 Å². The molecule has 0 saturated heterocycles. The molecule has 174 valence electrons. The number of nitrogens with zero attached hydrogens (tertiary/aromatic N) is 1. The van der Waals surface area contributed by atoms with Crippen molar-refractivity contribution in [1.82, 2.24) is 0 Å². The Hall–Kier alpha value is -1.94.